The van der Waals surface area contributed by atoms with Crippen molar-refractivity contribution in [2.45, 2.75) is 24.3 Å². The molecule has 0 aliphatic carbocycles. The number of carbonyl (C=O) groups is 1. The van der Waals surface area contributed by atoms with Crippen LogP contribution < -0.4 is 14.8 Å². The second-order valence-electron chi connectivity index (χ2n) is 6.89. The highest BCUT2D eigenvalue weighted by molar-refractivity contribution is 7.92. The number of amides is 1. The van der Waals surface area contributed by atoms with Crippen LogP contribution in [0.3, 0.4) is 0 Å². The minimum Gasteiger partial charge on any atom is -0.497 e. The van der Waals surface area contributed by atoms with E-state index in [2.05, 4.69) is 10.0 Å². The highest BCUT2D eigenvalue weighted by Gasteiger charge is 2.29. The third kappa shape index (κ3) is 5.07. The van der Waals surface area contributed by atoms with E-state index in [9.17, 15) is 21.6 Å². The van der Waals surface area contributed by atoms with Gasteiger partial charge in [0.1, 0.15) is 5.75 Å². The van der Waals surface area contributed by atoms with Crippen molar-refractivity contribution < 1.29 is 26.4 Å². The van der Waals surface area contributed by atoms with Gasteiger partial charge in [0, 0.05) is 17.3 Å². The minimum atomic E-state index is -3.93. The molecular weight excluding hydrogens is 416 g/mol. The van der Waals surface area contributed by atoms with Crippen LogP contribution in [-0.2, 0) is 19.9 Å². The molecule has 0 spiro atoms. The monoisotopic (exact) mass is 438 g/mol. The number of sulfone groups is 1. The molecule has 1 heterocycles. The van der Waals surface area contributed by atoms with Crippen LogP contribution in [0.25, 0.3) is 0 Å². The Morgan fingerprint density at radius 3 is 2.41 bits per heavy atom. The maximum Gasteiger partial charge on any atom is 0.262 e. The van der Waals surface area contributed by atoms with Gasteiger partial charge in [-0.3, -0.25) is 9.52 Å². The Labute approximate surface area is 170 Å². The van der Waals surface area contributed by atoms with Gasteiger partial charge in [-0.05, 0) is 55.3 Å². The van der Waals surface area contributed by atoms with E-state index in [1.165, 1.54) is 19.2 Å². The summed E-state index contributed by atoms with van der Waals surface area (Å²) in [6.45, 7) is 1.63. The first-order valence-electron chi connectivity index (χ1n) is 8.88. The largest absolute Gasteiger partial charge is 0.497 e. The van der Waals surface area contributed by atoms with Gasteiger partial charge in [-0.2, -0.15) is 0 Å². The number of benzene rings is 2. The normalized spacial score (nSPS) is 18.2. The standard InChI is InChI=1S/C19H22N2O6S2/c1-13-3-4-14(19(22)20-16-9-10-28(23,24)12-16)11-18(13)29(25,26)21-15-5-7-17(27-2)8-6-15/h3-8,11,16,21H,9-10,12H2,1-2H3,(H,20,22). The summed E-state index contributed by atoms with van der Waals surface area (Å²) >= 11 is 0. The van der Waals surface area contributed by atoms with Crippen LogP contribution in [0, 0.1) is 6.92 Å². The van der Waals surface area contributed by atoms with E-state index in [-0.39, 0.29) is 22.0 Å². The predicted octanol–water partition coefficient (Wildman–Crippen LogP) is 1.72. The van der Waals surface area contributed by atoms with Crippen LogP contribution in [0.5, 0.6) is 5.75 Å². The number of methoxy groups -OCH3 is 1. The summed E-state index contributed by atoms with van der Waals surface area (Å²) in [5.74, 6) is 0.0242. The summed E-state index contributed by atoms with van der Waals surface area (Å²) in [4.78, 5) is 12.5. The van der Waals surface area contributed by atoms with E-state index in [0.717, 1.165) is 0 Å². The van der Waals surface area contributed by atoms with E-state index in [0.29, 0.717) is 23.4 Å². The molecule has 10 heteroatoms. The molecule has 2 N–H and O–H groups in total. The van der Waals surface area contributed by atoms with Crippen LogP contribution in [0.1, 0.15) is 22.3 Å². The SMILES string of the molecule is COc1ccc(NS(=O)(=O)c2cc(C(=O)NC3CCS(=O)(=O)C3)ccc2C)cc1. The number of anilines is 1. The summed E-state index contributed by atoms with van der Waals surface area (Å²) in [6.07, 6.45) is 0.351. The van der Waals surface area contributed by atoms with Crippen LogP contribution in [0.4, 0.5) is 5.69 Å². The van der Waals surface area contributed by atoms with Crippen molar-refractivity contribution in [3.63, 3.8) is 0 Å². The molecular formula is C19H22N2O6S2. The predicted molar refractivity (Wildman–Crippen MR) is 110 cm³/mol. The number of ether oxygens (including phenoxy) is 1. The Kier molecular flexibility index (Phi) is 5.85. The molecule has 1 fully saturated rings. The second-order valence-corrected chi connectivity index (χ2v) is 10.8. The van der Waals surface area contributed by atoms with Gasteiger partial charge in [-0.15, -0.1) is 0 Å². The zero-order valence-electron chi connectivity index (χ0n) is 16.0. The summed E-state index contributed by atoms with van der Waals surface area (Å²) in [6, 6.07) is 10.3. The van der Waals surface area contributed by atoms with Gasteiger partial charge in [0.15, 0.2) is 9.84 Å². The summed E-state index contributed by atoms with van der Waals surface area (Å²) < 4.78 is 56.3. The molecule has 2 aromatic carbocycles. The molecule has 0 bridgehead atoms. The van der Waals surface area contributed by atoms with Gasteiger partial charge in [0.2, 0.25) is 0 Å². The molecule has 1 aliphatic heterocycles. The molecule has 1 atom stereocenters. The van der Waals surface area contributed by atoms with Crippen LogP contribution in [0.15, 0.2) is 47.4 Å². The molecule has 1 saturated heterocycles. The van der Waals surface area contributed by atoms with Crippen LogP contribution >= 0.6 is 0 Å². The quantitative estimate of drug-likeness (QED) is 0.709. The molecule has 3 rings (SSSR count). The lowest BCUT2D eigenvalue weighted by atomic mass is 10.1. The Morgan fingerprint density at radius 2 is 1.83 bits per heavy atom. The number of nitrogens with one attached hydrogen (secondary N) is 2. The van der Waals surface area contributed by atoms with Crippen molar-refractivity contribution >= 4 is 31.5 Å². The third-order valence-corrected chi connectivity index (χ3v) is 7.94. The minimum absolute atomic E-state index is 0.0278. The van der Waals surface area contributed by atoms with Crippen molar-refractivity contribution in [2.24, 2.45) is 0 Å². The molecule has 156 valence electrons. The Balaban J connectivity index is 1.80. The van der Waals surface area contributed by atoms with Crippen LogP contribution in [-0.4, -0.2) is 47.4 Å². The third-order valence-electron chi connectivity index (χ3n) is 4.65. The molecule has 0 aromatic heterocycles. The van der Waals surface area contributed by atoms with Gasteiger partial charge in [0.05, 0.1) is 23.5 Å². The topological polar surface area (TPSA) is 119 Å². The molecule has 1 amide bonds. The molecule has 1 aliphatic rings. The first-order chi connectivity index (χ1) is 13.6. The fourth-order valence-corrected chi connectivity index (χ4v) is 6.08. The van der Waals surface area contributed by atoms with E-state index >= 15 is 0 Å². The maximum atomic E-state index is 12.8. The summed E-state index contributed by atoms with van der Waals surface area (Å²) in [7, 11) is -5.55. The Morgan fingerprint density at radius 1 is 1.14 bits per heavy atom. The lowest BCUT2D eigenvalue weighted by Crippen LogP contribution is -2.35. The van der Waals surface area contributed by atoms with E-state index in [4.69, 9.17) is 4.74 Å². The first kappa shape index (κ1) is 21.1. The van der Waals surface area contributed by atoms with Gasteiger partial charge >= 0.3 is 0 Å². The van der Waals surface area contributed by atoms with Crippen molar-refractivity contribution in [2.75, 3.05) is 23.3 Å². The first-order valence-corrected chi connectivity index (χ1v) is 12.2. The van der Waals surface area contributed by atoms with E-state index < -0.39 is 31.8 Å². The summed E-state index contributed by atoms with van der Waals surface area (Å²) in [5, 5.41) is 2.66. The lowest BCUT2D eigenvalue weighted by Gasteiger charge is -2.14. The van der Waals surface area contributed by atoms with Gasteiger partial charge < -0.3 is 10.1 Å². The van der Waals surface area contributed by atoms with E-state index in [1.807, 2.05) is 0 Å². The number of hydrogen-bond acceptors (Lipinski definition) is 6. The van der Waals surface area contributed by atoms with Gasteiger partial charge in [-0.25, -0.2) is 16.8 Å². The Bertz CT molecular complexity index is 1130. The van der Waals surface area contributed by atoms with Crippen LogP contribution in [0.2, 0.25) is 0 Å². The lowest BCUT2D eigenvalue weighted by molar-refractivity contribution is 0.0941. The number of sulfonamides is 1. The van der Waals surface area contributed by atoms with Gasteiger partial charge in [-0.1, -0.05) is 6.07 Å². The number of carbonyl (C=O) groups excluding carboxylic acids is 1. The highest BCUT2D eigenvalue weighted by atomic mass is 32.2. The van der Waals surface area contributed by atoms with Crippen molar-refractivity contribution in [1.82, 2.24) is 5.32 Å². The maximum absolute atomic E-state index is 12.8. The summed E-state index contributed by atoms with van der Waals surface area (Å²) in [5.41, 5.74) is 0.984. The average molecular weight is 439 g/mol. The molecule has 1 unspecified atom stereocenters. The van der Waals surface area contributed by atoms with Crippen molar-refractivity contribution in [3.05, 3.63) is 53.6 Å². The Hall–Kier alpha value is -2.59. The zero-order chi connectivity index (χ0) is 21.2. The number of hydrogen-bond donors (Lipinski definition) is 2. The molecule has 8 nitrogen and oxygen atoms in total. The second kappa shape index (κ2) is 8.03. The zero-order valence-corrected chi connectivity index (χ0v) is 17.6. The molecule has 0 saturated carbocycles. The molecule has 0 radical (unpaired) electrons. The fourth-order valence-electron chi connectivity index (χ4n) is 3.08. The smallest absolute Gasteiger partial charge is 0.262 e. The van der Waals surface area contributed by atoms with Crippen molar-refractivity contribution in [3.8, 4) is 5.75 Å². The number of aryl methyl sites for hydroxylation is 1. The molecule has 2 aromatic rings. The fraction of sp³-hybridized carbons (Fsp3) is 0.316. The molecule has 29 heavy (non-hydrogen) atoms. The average Bonchev–Trinajstić information content (AvgIpc) is 3.00. The van der Waals surface area contributed by atoms with Crippen molar-refractivity contribution in [1.29, 1.82) is 0 Å². The highest BCUT2D eigenvalue weighted by Crippen LogP contribution is 2.23. The van der Waals surface area contributed by atoms with E-state index in [1.54, 1.807) is 37.3 Å². The number of rotatable bonds is 6. The van der Waals surface area contributed by atoms with Gasteiger partial charge in [0.25, 0.3) is 15.9 Å².